The summed E-state index contributed by atoms with van der Waals surface area (Å²) in [6.07, 6.45) is 5.59. The lowest BCUT2D eigenvalue weighted by atomic mass is 10.1. The van der Waals surface area contributed by atoms with Crippen LogP contribution in [-0.4, -0.2) is 23.6 Å². The van der Waals surface area contributed by atoms with E-state index in [1.54, 1.807) is 37.3 Å². The lowest BCUT2D eigenvalue weighted by molar-refractivity contribution is -0.115. The maximum Gasteiger partial charge on any atom is 0.341 e. The van der Waals surface area contributed by atoms with Crippen molar-refractivity contribution >= 4 is 74.8 Å². The Bertz CT molecular complexity index is 1300. The Labute approximate surface area is 215 Å². The highest BCUT2D eigenvalue weighted by atomic mass is 35.5. The second kappa shape index (κ2) is 10.7. The van der Waals surface area contributed by atoms with E-state index in [9.17, 15) is 9.59 Å². The standard InChI is InChI=1S/C24H20Cl2N2O4S2/c1-2-31-23(30)21-16-4-3-5-19(16)34-22(21)28-24(33)27-20(29)11-8-14-7-10-18(32-14)15-9-6-13(25)12-17(15)26/h6-12H,2-5H2,1H3,(H2,27,28,29,33)/b11-8+. The zero-order chi connectivity index (χ0) is 24.2. The van der Waals surface area contributed by atoms with Crippen LogP contribution in [0, 0.1) is 0 Å². The van der Waals surface area contributed by atoms with Crippen LogP contribution < -0.4 is 10.6 Å². The molecule has 176 valence electrons. The molecule has 10 heteroatoms. The summed E-state index contributed by atoms with van der Waals surface area (Å²) < 4.78 is 11.0. The summed E-state index contributed by atoms with van der Waals surface area (Å²) in [5, 5.41) is 7.24. The number of thiophene rings is 1. The van der Waals surface area contributed by atoms with Crippen LogP contribution in [0.15, 0.2) is 40.8 Å². The molecule has 0 fully saturated rings. The molecule has 2 N–H and O–H groups in total. The van der Waals surface area contributed by atoms with E-state index in [2.05, 4.69) is 10.6 Å². The Morgan fingerprint density at radius 3 is 2.82 bits per heavy atom. The van der Waals surface area contributed by atoms with Crippen LogP contribution in [0.25, 0.3) is 17.4 Å². The van der Waals surface area contributed by atoms with E-state index in [0.717, 1.165) is 29.7 Å². The van der Waals surface area contributed by atoms with Gasteiger partial charge in [-0.2, -0.15) is 0 Å². The van der Waals surface area contributed by atoms with Gasteiger partial charge in [0, 0.05) is 21.5 Å². The van der Waals surface area contributed by atoms with Crippen LogP contribution in [0.2, 0.25) is 10.0 Å². The SMILES string of the molecule is CCOC(=O)c1c(NC(=S)NC(=O)/C=C/c2ccc(-c3ccc(Cl)cc3Cl)o2)sc2c1CCC2. The molecule has 2 aromatic heterocycles. The third kappa shape index (κ3) is 5.52. The number of hydrogen-bond donors (Lipinski definition) is 2. The second-order valence-electron chi connectivity index (χ2n) is 7.38. The zero-order valence-electron chi connectivity index (χ0n) is 18.1. The molecule has 1 amide bonds. The van der Waals surface area contributed by atoms with Gasteiger partial charge in [-0.15, -0.1) is 11.3 Å². The molecule has 0 unspecified atom stereocenters. The van der Waals surface area contributed by atoms with Crippen molar-refractivity contribution in [3.8, 4) is 11.3 Å². The van der Waals surface area contributed by atoms with Gasteiger partial charge < -0.3 is 14.5 Å². The highest BCUT2D eigenvalue weighted by Gasteiger charge is 2.28. The van der Waals surface area contributed by atoms with E-state index in [0.29, 0.717) is 37.7 Å². The van der Waals surface area contributed by atoms with Crippen LogP contribution in [0.5, 0.6) is 0 Å². The van der Waals surface area contributed by atoms with E-state index < -0.39 is 5.91 Å². The molecule has 1 aliphatic carbocycles. The minimum atomic E-state index is -0.443. The largest absolute Gasteiger partial charge is 0.462 e. The number of anilines is 1. The molecule has 3 aromatic rings. The number of ether oxygens (including phenoxy) is 1. The van der Waals surface area contributed by atoms with Crippen LogP contribution in [0.3, 0.4) is 0 Å². The fourth-order valence-corrected chi connectivity index (χ4v) is 5.68. The number of carbonyl (C=O) groups is 2. The number of rotatable bonds is 6. The number of esters is 1. The molecule has 0 saturated carbocycles. The molecule has 0 spiro atoms. The van der Waals surface area contributed by atoms with Gasteiger partial charge in [-0.25, -0.2) is 4.79 Å². The lowest BCUT2D eigenvalue weighted by Gasteiger charge is -2.09. The van der Waals surface area contributed by atoms with E-state index in [-0.39, 0.29) is 17.7 Å². The quantitative estimate of drug-likeness (QED) is 0.213. The summed E-state index contributed by atoms with van der Waals surface area (Å²) in [4.78, 5) is 26.0. The number of carbonyl (C=O) groups excluding carboxylic acids is 2. The minimum Gasteiger partial charge on any atom is -0.462 e. The first-order valence-electron chi connectivity index (χ1n) is 10.5. The first-order chi connectivity index (χ1) is 16.4. The van der Waals surface area contributed by atoms with Gasteiger partial charge in [-0.3, -0.25) is 10.1 Å². The Kier molecular flexibility index (Phi) is 7.73. The number of thiocarbonyl (C=S) groups is 1. The van der Waals surface area contributed by atoms with E-state index in [4.69, 9.17) is 44.6 Å². The third-order valence-electron chi connectivity index (χ3n) is 5.09. The number of aryl methyl sites for hydroxylation is 1. The summed E-state index contributed by atoms with van der Waals surface area (Å²) in [7, 11) is 0. The first-order valence-corrected chi connectivity index (χ1v) is 12.5. The maximum atomic E-state index is 12.5. The normalized spacial score (nSPS) is 12.6. The van der Waals surface area contributed by atoms with Gasteiger partial charge in [0.25, 0.3) is 0 Å². The molecular formula is C24H20Cl2N2O4S2. The van der Waals surface area contributed by atoms with Gasteiger partial charge in [0.05, 0.1) is 17.2 Å². The predicted octanol–water partition coefficient (Wildman–Crippen LogP) is 6.51. The summed E-state index contributed by atoms with van der Waals surface area (Å²) in [6.45, 7) is 2.05. The smallest absolute Gasteiger partial charge is 0.341 e. The number of amides is 1. The van der Waals surface area contributed by atoms with Gasteiger partial charge >= 0.3 is 5.97 Å². The summed E-state index contributed by atoms with van der Waals surface area (Å²) in [5.41, 5.74) is 2.21. The minimum absolute atomic E-state index is 0.0909. The fraction of sp³-hybridized carbons (Fsp3) is 0.208. The molecule has 0 aliphatic heterocycles. The van der Waals surface area contributed by atoms with Crippen molar-refractivity contribution in [2.45, 2.75) is 26.2 Å². The Morgan fingerprint density at radius 1 is 1.24 bits per heavy atom. The van der Waals surface area contributed by atoms with Crippen molar-refractivity contribution < 1.29 is 18.7 Å². The molecule has 0 bridgehead atoms. The van der Waals surface area contributed by atoms with E-state index >= 15 is 0 Å². The zero-order valence-corrected chi connectivity index (χ0v) is 21.2. The number of hydrogen-bond acceptors (Lipinski definition) is 6. The summed E-state index contributed by atoms with van der Waals surface area (Å²) in [5.74, 6) is 0.195. The van der Waals surface area contributed by atoms with Gasteiger partial charge in [-0.05, 0) is 80.4 Å². The van der Waals surface area contributed by atoms with Crippen LogP contribution >= 0.6 is 46.8 Å². The molecular weight excluding hydrogens is 515 g/mol. The average molecular weight is 535 g/mol. The second-order valence-corrected chi connectivity index (χ2v) is 9.74. The Morgan fingerprint density at radius 2 is 2.06 bits per heavy atom. The Hall–Kier alpha value is -2.65. The monoisotopic (exact) mass is 534 g/mol. The number of furan rings is 1. The van der Waals surface area contributed by atoms with Crippen molar-refractivity contribution in [2.75, 3.05) is 11.9 Å². The lowest BCUT2D eigenvalue weighted by Crippen LogP contribution is -2.33. The average Bonchev–Trinajstić information content (AvgIpc) is 3.48. The summed E-state index contributed by atoms with van der Waals surface area (Å²) in [6, 6.07) is 8.59. The van der Waals surface area contributed by atoms with Crippen molar-refractivity contribution in [3.63, 3.8) is 0 Å². The molecule has 6 nitrogen and oxygen atoms in total. The molecule has 0 saturated heterocycles. The fourth-order valence-electron chi connectivity index (χ4n) is 3.63. The highest BCUT2D eigenvalue weighted by molar-refractivity contribution is 7.80. The maximum absolute atomic E-state index is 12.5. The number of halogens is 2. The third-order valence-corrected chi connectivity index (χ3v) is 7.05. The molecule has 0 atom stereocenters. The molecule has 34 heavy (non-hydrogen) atoms. The number of benzene rings is 1. The predicted molar refractivity (Wildman–Crippen MR) is 140 cm³/mol. The van der Waals surface area contributed by atoms with E-state index in [1.165, 1.54) is 23.5 Å². The van der Waals surface area contributed by atoms with Crippen molar-refractivity contribution in [3.05, 3.63) is 68.2 Å². The van der Waals surface area contributed by atoms with Crippen LogP contribution in [-0.2, 0) is 22.4 Å². The van der Waals surface area contributed by atoms with Crippen molar-refractivity contribution in [2.24, 2.45) is 0 Å². The van der Waals surface area contributed by atoms with Gasteiger partial charge in [-0.1, -0.05) is 23.2 Å². The van der Waals surface area contributed by atoms with Gasteiger partial charge in [0.15, 0.2) is 5.11 Å². The number of fused-ring (bicyclic) bond motifs is 1. The van der Waals surface area contributed by atoms with Crippen molar-refractivity contribution in [1.82, 2.24) is 5.32 Å². The van der Waals surface area contributed by atoms with Crippen LogP contribution in [0.4, 0.5) is 5.00 Å². The van der Waals surface area contributed by atoms with Gasteiger partial charge in [0.1, 0.15) is 16.5 Å². The first kappa shape index (κ1) is 24.5. The van der Waals surface area contributed by atoms with Gasteiger partial charge in [0.2, 0.25) is 5.91 Å². The highest BCUT2D eigenvalue weighted by Crippen LogP contribution is 2.39. The molecule has 4 rings (SSSR count). The topological polar surface area (TPSA) is 80.6 Å². The molecule has 0 radical (unpaired) electrons. The number of nitrogens with one attached hydrogen (secondary N) is 2. The molecule has 1 aliphatic rings. The molecule has 1 aromatic carbocycles. The van der Waals surface area contributed by atoms with E-state index in [1.807, 2.05) is 0 Å². The van der Waals surface area contributed by atoms with Crippen LogP contribution in [0.1, 0.15) is 39.9 Å². The molecule has 2 heterocycles. The van der Waals surface area contributed by atoms with Crippen molar-refractivity contribution in [1.29, 1.82) is 0 Å². The summed E-state index contributed by atoms with van der Waals surface area (Å²) >= 11 is 18.9. The Balaban J connectivity index is 1.39.